The lowest BCUT2D eigenvalue weighted by atomic mass is 9.90. The lowest BCUT2D eigenvalue weighted by Crippen LogP contribution is -2.44. The summed E-state index contributed by atoms with van der Waals surface area (Å²) in [5, 5.41) is 0. The Kier molecular flexibility index (Phi) is 5.22. The molecule has 0 radical (unpaired) electrons. The van der Waals surface area contributed by atoms with Crippen LogP contribution in [0.3, 0.4) is 0 Å². The lowest BCUT2D eigenvalue weighted by Gasteiger charge is -2.38. The highest BCUT2D eigenvalue weighted by Gasteiger charge is 2.33. The summed E-state index contributed by atoms with van der Waals surface area (Å²) >= 11 is 0. The molecule has 1 aromatic rings. The maximum Gasteiger partial charge on any atom is 0.225 e. The molecule has 4 heteroatoms. The highest BCUT2D eigenvalue weighted by Crippen LogP contribution is 2.33. The van der Waals surface area contributed by atoms with Crippen LogP contribution in [0, 0.1) is 0 Å². The summed E-state index contributed by atoms with van der Waals surface area (Å²) < 4.78 is 0. The molecule has 1 heterocycles. The van der Waals surface area contributed by atoms with Gasteiger partial charge in [-0.05, 0) is 37.3 Å². The van der Waals surface area contributed by atoms with Crippen LogP contribution in [0.4, 0.5) is 0 Å². The zero-order valence-electron chi connectivity index (χ0n) is 14.8. The summed E-state index contributed by atoms with van der Waals surface area (Å²) in [6.07, 6.45) is 5.97. The van der Waals surface area contributed by atoms with Gasteiger partial charge in [-0.3, -0.25) is 9.59 Å². The van der Waals surface area contributed by atoms with E-state index >= 15 is 0 Å². The second-order valence-corrected chi connectivity index (χ2v) is 7.00. The van der Waals surface area contributed by atoms with Crippen molar-refractivity contribution in [3.8, 4) is 0 Å². The van der Waals surface area contributed by atoms with E-state index in [4.69, 9.17) is 0 Å². The Morgan fingerprint density at radius 2 is 1.92 bits per heavy atom. The molecule has 1 fully saturated rings. The van der Waals surface area contributed by atoms with E-state index in [1.165, 1.54) is 18.4 Å². The number of rotatable bonds is 4. The number of benzene rings is 1. The van der Waals surface area contributed by atoms with Gasteiger partial charge in [0.15, 0.2) is 0 Å². The van der Waals surface area contributed by atoms with Crippen LogP contribution in [0.1, 0.15) is 63.1 Å². The molecule has 1 aromatic carbocycles. The number of amides is 2. The molecular formula is C20H28N2O2. The van der Waals surface area contributed by atoms with Crippen molar-refractivity contribution in [2.45, 2.75) is 64.5 Å². The number of fused-ring (bicyclic) bond motifs is 1. The summed E-state index contributed by atoms with van der Waals surface area (Å²) in [4.78, 5) is 29.0. The Morgan fingerprint density at radius 3 is 2.58 bits per heavy atom. The van der Waals surface area contributed by atoms with Crippen molar-refractivity contribution in [1.29, 1.82) is 0 Å². The quantitative estimate of drug-likeness (QED) is 0.851. The number of hydrogen-bond donors (Lipinski definition) is 0. The third-order valence-electron chi connectivity index (χ3n) is 5.61. The molecule has 1 aliphatic carbocycles. The molecule has 0 aromatic heterocycles. The smallest absolute Gasteiger partial charge is 0.225 e. The molecule has 4 nitrogen and oxygen atoms in total. The second kappa shape index (κ2) is 7.37. The number of nitrogens with zero attached hydrogens (tertiary/aromatic N) is 2. The van der Waals surface area contributed by atoms with Crippen molar-refractivity contribution < 1.29 is 9.59 Å². The fourth-order valence-corrected chi connectivity index (χ4v) is 4.39. The van der Waals surface area contributed by atoms with Gasteiger partial charge in [-0.1, -0.05) is 37.1 Å². The zero-order chi connectivity index (χ0) is 17.1. The Hall–Kier alpha value is -1.84. The zero-order valence-corrected chi connectivity index (χ0v) is 14.8. The van der Waals surface area contributed by atoms with Crippen molar-refractivity contribution in [3.05, 3.63) is 35.4 Å². The van der Waals surface area contributed by atoms with E-state index < -0.39 is 0 Å². The third-order valence-corrected chi connectivity index (χ3v) is 5.61. The van der Waals surface area contributed by atoms with Gasteiger partial charge in [0.25, 0.3) is 0 Å². The molecular weight excluding hydrogens is 300 g/mol. The maximum atomic E-state index is 13.0. The molecule has 0 bridgehead atoms. The third kappa shape index (κ3) is 3.33. The van der Waals surface area contributed by atoms with Crippen LogP contribution >= 0.6 is 0 Å². The van der Waals surface area contributed by atoms with Gasteiger partial charge >= 0.3 is 0 Å². The minimum Gasteiger partial charge on any atom is -0.340 e. The Bertz CT molecular complexity index is 607. The van der Waals surface area contributed by atoms with Crippen LogP contribution in [0.2, 0.25) is 0 Å². The lowest BCUT2D eigenvalue weighted by molar-refractivity contribution is -0.137. The van der Waals surface area contributed by atoms with E-state index in [-0.39, 0.29) is 17.9 Å². The van der Waals surface area contributed by atoms with Gasteiger partial charge in [0.1, 0.15) is 0 Å². The molecule has 2 aliphatic rings. The molecule has 1 saturated carbocycles. The van der Waals surface area contributed by atoms with Gasteiger partial charge in [0, 0.05) is 26.1 Å². The van der Waals surface area contributed by atoms with E-state index in [1.54, 1.807) is 6.92 Å². The Labute approximate surface area is 144 Å². The molecule has 24 heavy (non-hydrogen) atoms. The molecule has 2 amide bonds. The predicted octanol–water partition coefficient (Wildman–Crippen LogP) is 3.31. The molecule has 130 valence electrons. The first-order chi connectivity index (χ1) is 11.6. The minimum atomic E-state index is -0.115. The highest BCUT2D eigenvalue weighted by molar-refractivity contribution is 5.80. The first-order valence-corrected chi connectivity index (χ1v) is 9.26. The topological polar surface area (TPSA) is 40.6 Å². The molecule has 0 N–H and O–H groups in total. The van der Waals surface area contributed by atoms with Crippen molar-refractivity contribution in [1.82, 2.24) is 9.80 Å². The van der Waals surface area contributed by atoms with Gasteiger partial charge in [-0.15, -0.1) is 0 Å². The Morgan fingerprint density at radius 1 is 1.21 bits per heavy atom. The highest BCUT2D eigenvalue weighted by atomic mass is 16.2. The van der Waals surface area contributed by atoms with Crippen molar-refractivity contribution in [2.24, 2.45) is 0 Å². The molecule has 1 aliphatic heterocycles. The Balaban J connectivity index is 1.82. The first kappa shape index (κ1) is 17.0. The van der Waals surface area contributed by atoms with Crippen LogP contribution < -0.4 is 0 Å². The largest absolute Gasteiger partial charge is 0.340 e. The van der Waals surface area contributed by atoms with Gasteiger partial charge in [-0.2, -0.15) is 0 Å². The van der Waals surface area contributed by atoms with Crippen molar-refractivity contribution in [3.63, 3.8) is 0 Å². The summed E-state index contributed by atoms with van der Waals surface area (Å²) in [6, 6.07) is 8.53. The summed E-state index contributed by atoms with van der Waals surface area (Å²) in [6.45, 7) is 5.14. The van der Waals surface area contributed by atoms with E-state index in [0.29, 0.717) is 19.0 Å². The minimum absolute atomic E-state index is 0.0613. The molecule has 0 spiro atoms. The van der Waals surface area contributed by atoms with Crippen molar-refractivity contribution in [2.75, 3.05) is 13.1 Å². The monoisotopic (exact) mass is 328 g/mol. The SMILES string of the molecule is CCN(C(=O)CC1c2ccccc2CCN1C(C)=O)C1CCCC1. The molecule has 3 rings (SSSR count). The van der Waals surface area contributed by atoms with E-state index in [1.807, 2.05) is 21.9 Å². The van der Waals surface area contributed by atoms with Crippen molar-refractivity contribution >= 4 is 11.8 Å². The number of hydrogen-bond acceptors (Lipinski definition) is 2. The number of carbonyl (C=O) groups excluding carboxylic acids is 2. The van der Waals surface area contributed by atoms with Crippen LogP contribution in [0.25, 0.3) is 0 Å². The fraction of sp³-hybridized carbons (Fsp3) is 0.600. The van der Waals surface area contributed by atoms with Gasteiger partial charge in [-0.25, -0.2) is 0 Å². The van der Waals surface area contributed by atoms with Crippen LogP contribution in [-0.4, -0.2) is 40.7 Å². The molecule has 0 saturated heterocycles. The van der Waals surface area contributed by atoms with Gasteiger partial charge in [0.2, 0.25) is 11.8 Å². The van der Waals surface area contributed by atoms with E-state index in [0.717, 1.165) is 31.4 Å². The van der Waals surface area contributed by atoms with E-state index in [9.17, 15) is 9.59 Å². The second-order valence-electron chi connectivity index (χ2n) is 7.00. The summed E-state index contributed by atoms with van der Waals surface area (Å²) in [7, 11) is 0. The van der Waals surface area contributed by atoms with Crippen LogP contribution in [0.15, 0.2) is 24.3 Å². The fourth-order valence-electron chi connectivity index (χ4n) is 4.39. The van der Waals surface area contributed by atoms with Gasteiger partial charge in [0.05, 0.1) is 12.5 Å². The normalized spacial score (nSPS) is 20.8. The molecule has 1 atom stereocenters. The summed E-state index contributed by atoms with van der Waals surface area (Å²) in [5.74, 6) is 0.253. The first-order valence-electron chi connectivity index (χ1n) is 9.26. The average molecular weight is 328 g/mol. The van der Waals surface area contributed by atoms with Crippen LogP contribution in [-0.2, 0) is 16.0 Å². The molecule has 1 unspecified atom stereocenters. The maximum absolute atomic E-state index is 13.0. The average Bonchev–Trinajstić information content (AvgIpc) is 3.09. The number of carbonyl (C=O) groups is 2. The standard InChI is InChI=1S/C20H28N2O2/c1-3-21(17-9-5-6-10-17)20(24)14-19-18-11-7-4-8-16(18)12-13-22(19)15(2)23/h4,7-8,11,17,19H,3,5-6,9-10,12-14H2,1-2H3. The summed E-state index contributed by atoms with van der Waals surface area (Å²) in [5.41, 5.74) is 2.42. The van der Waals surface area contributed by atoms with Gasteiger partial charge < -0.3 is 9.80 Å². The predicted molar refractivity (Wildman–Crippen MR) is 94.5 cm³/mol. The van der Waals surface area contributed by atoms with E-state index in [2.05, 4.69) is 19.1 Å². The van der Waals surface area contributed by atoms with Crippen LogP contribution in [0.5, 0.6) is 0 Å².